The summed E-state index contributed by atoms with van der Waals surface area (Å²) >= 11 is 0. The monoisotopic (exact) mass is 728 g/mol. The maximum absolute atomic E-state index is 13.4. The Hall–Kier alpha value is -1.82. The lowest BCUT2D eigenvalue weighted by Gasteiger charge is -2.43. The third kappa shape index (κ3) is 9.84. The van der Waals surface area contributed by atoms with Crippen LogP contribution in [0.15, 0.2) is 24.3 Å². The molecule has 0 aromatic carbocycles. The third-order valence-corrected chi connectivity index (χ3v) is 10.9. The smallest absolute Gasteiger partial charge is 0.330 e. The Morgan fingerprint density at radius 3 is 2.20 bits per heavy atom. The number of epoxide rings is 1. The number of ketones is 1. The number of carbonyl (C=O) groups is 2. The minimum atomic E-state index is -1.86. The first-order valence-corrected chi connectivity index (χ1v) is 18.3. The number of carbonyl (C=O) groups excluding carboxylic acids is 2. The number of nitrogens with one attached hydrogen (secondary N) is 1. The molecule has 3 fully saturated rings. The van der Waals surface area contributed by atoms with Gasteiger partial charge in [0, 0.05) is 38.6 Å². The standard InChI is InChI=1S/C37H61NO13/c1-11-27-37(43,18-46-36-33(45-10)32(44-9)29(41)23(6)48-36)34-26(49-34)14-13-25(39)20(3)16-21(4)31(19(2)12-15-28(40)50-27)51-35-30(42)24(38(7)8)17-22(5)47-35/h12-15,19-24,26-27,29-36,41-43H,11,16-18H2,1-10H3/p+1/b14-13+,15-12+/t19-,20+,21-,22+,23+,24-,26-,27+,29+,30+,31+,32+,33+,34+,35-,36+,37-/m0/s1. The van der Waals surface area contributed by atoms with Crippen molar-refractivity contribution in [2.75, 3.05) is 34.9 Å². The Morgan fingerprint density at radius 2 is 1.57 bits per heavy atom. The van der Waals surface area contributed by atoms with Gasteiger partial charge >= 0.3 is 5.97 Å². The van der Waals surface area contributed by atoms with Crippen molar-refractivity contribution in [2.24, 2.45) is 17.8 Å². The van der Waals surface area contributed by atoms with Crippen LogP contribution < -0.4 is 4.90 Å². The topological polar surface area (TPSA) is 176 Å². The number of rotatable bonds is 9. The van der Waals surface area contributed by atoms with Gasteiger partial charge in [0.1, 0.15) is 42.7 Å². The van der Waals surface area contributed by atoms with E-state index in [-0.39, 0.29) is 48.7 Å². The maximum atomic E-state index is 13.4. The molecule has 14 heteroatoms. The second-order valence-electron chi connectivity index (χ2n) is 15.2. The van der Waals surface area contributed by atoms with Gasteiger partial charge in [0.2, 0.25) is 0 Å². The molecule has 0 saturated carbocycles. The highest BCUT2D eigenvalue weighted by molar-refractivity contribution is 5.91. The molecule has 4 N–H and O–H groups in total. The molecule has 0 aromatic heterocycles. The number of aliphatic hydroxyl groups excluding tert-OH is 2. The van der Waals surface area contributed by atoms with Crippen molar-refractivity contribution in [3.63, 3.8) is 0 Å². The molecule has 4 rings (SSSR count). The van der Waals surface area contributed by atoms with Gasteiger partial charge in [-0.05, 0) is 44.8 Å². The second-order valence-corrected chi connectivity index (χ2v) is 15.2. The predicted octanol–water partition coefficient (Wildman–Crippen LogP) is 0.347. The molecular weight excluding hydrogens is 666 g/mol. The van der Waals surface area contributed by atoms with Crippen LogP contribution in [0.4, 0.5) is 0 Å². The molecule has 0 unspecified atom stereocenters. The van der Waals surface area contributed by atoms with E-state index in [0.717, 1.165) is 4.90 Å². The zero-order chi connectivity index (χ0) is 37.8. The Morgan fingerprint density at radius 1 is 0.882 bits per heavy atom. The average molecular weight is 729 g/mol. The molecule has 0 radical (unpaired) electrons. The molecule has 4 aliphatic heterocycles. The molecule has 51 heavy (non-hydrogen) atoms. The minimum Gasteiger partial charge on any atom is -0.456 e. The van der Waals surface area contributed by atoms with Gasteiger partial charge in [-0.3, -0.25) is 4.79 Å². The van der Waals surface area contributed by atoms with E-state index in [0.29, 0.717) is 12.8 Å². The minimum absolute atomic E-state index is 0.0876. The van der Waals surface area contributed by atoms with Gasteiger partial charge in [-0.25, -0.2) is 4.79 Å². The number of ether oxygens (including phenoxy) is 8. The molecule has 0 aromatic rings. The van der Waals surface area contributed by atoms with Crippen molar-refractivity contribution >= 4 is 11.8 Å². The van der Waals surface area contributed by atoms with Crippen LogP contribution in [-0.2, 0) is 47.5 Å². The van der Waals surface area contributed by atoms with Crippen molar-refractivity contribution in [3.05, 3.63) is 24.3 Å². The number of quaternary nitrogens is 1. The summed E-state index contributed by atoms with van der Waals surface area (Å²) in [6.45, 7) is 10.8. The molecule has 0 bridgehead atoms. The number of fused-ring (bicyclic) bond motifs is 1. The van der Waals surface area contributed by atoms with Crippen LogP contribution in [0, 0.1) is 17.8 Å². The third-order valence-electron chi connectivity index (χ3n) is 10.9. The Labute approximate surface area is 302 Å². The summed E-state index contributed by atoms with van der Waals surface area (Å²) in [5.41, 5.74) is -1.86. The van der Waals surface area contributed by atoms with E-state index < -0.39 is 79.1 Å². The average Bonchev–Trinajstić information content (AvgIpc) is 3.88. The summed E-state index contributed by atoms with van der Waals surface area (Å²) in [7, 11) is 6.87. The largest absolute Gasteiger partial charge is 0.456 e. The van der Waals surface area contributed by atoms with E-state index in [9.17, 15) is 24.9 Å². The van der Waals surface area contributed by atoms with Gasteiger partial charge < -0.3 is 58.1 Å². The summed E-state index contributed by atoms with van der Waals surface area (Å²) in [4.78, 5) is 27.9. The zero-order valence-electron chi connectivity index (χ0n) is 31.8. The second kappa shape index (κ2) is 18.0. The van der Waals surface area contributed by atoms with Crippen molar-refractivity contribution < 1.29 is 67.7 Å². The van der Waals surface area contributed by atoms with Gasteiger partial charge in [-0.2, -0.15) is 0 Å². The Kier molecular flexibility index (Phi) is 14.8. The number of esters is 1. The highest BCUT2D eigenvalue weighted by Crippen LogP contribution is 2.40. The number of cyclic esters (lactones) is 1. The van der Waals surface area contributed by atoms with Gasteiger partial charge in [0.15, 0.2) is 30.1 Å². The van der Waals surface area contributed by atoms with Crippen molar-refractivity contribution in [2.45, 2.75) is 146 Å². The van der Waals surface area contributed by atoms with Crippen LogP contribution in [0.1, 0.15) is 60.8 Å². The summed E-state index contributed by atoms with van der Waals surface area (Å²) in [5, 5.41) is 34.0. The van der Waals surface area contributed by atoms with E-state index in [1.165, 1.54) is 26.4 Å². The normalized spacial score (nSPS) is 47.0. The molecule has 4 heterocycles. The van der Waals surface area contributed by atoms with Crippen LogP contribution in [-0.4, -0.2) is 147 Å². The molecule has 17 atom stereocenters. The molecule has 292 valence electrons. The molecular formula is C37H62NO13+. The lowest BCUT2D eigenvalue weighted by atomic mass is 9.84. The molecule has 14 nitrogen and oxygen atoms in total. The molecule has 3 saturated heterocycles. The van der Waals surface area contributed by atoms with Gasteiger partial charge in [-0.15, -0.1) is 0 Å². The number of likely N-dealkylation sites (N-methyl/N-ethyl adjacent to an activating group) is 1. The van der Waals surface area contributed by atoms with Crippen LogP contribution in [0.3, 0.4) is 0 Å². The van der Waals surface area contributed by atoms with E-state index in [4.69, 9.17) is 37.9 Å². The first-order chi connectivity index (χ1) is 24.1. The van der Waals surface area contributed by atoms with E-state index >= 15 is 0 Å². The number of methoxy groups -OCH3 is 2. The highest BCUT2D eigenvalue weighted by atomic mass is 16.7. The van der Waals surface area contributed by atoms with Crippen molar-refractivity contribution in [3.8, 4) is 0 Å². The van der Waals surface area contributed by atoms with Crippen LogP contribution in [0.2, 0.25) is 0 Å². The summed E-state index contributed by atoms with van der Waals surface area (Å²) in [6, 6.07) is -0.0876. The number of hydrogen-bond donors (Lipinski definition) is 4. The SMILES string of the molecule is CC[C@H]1OC(=O)/C=C/[C@H](C)[C@@H](O[C@@H]2O[C@H](C)C[C@H]([NH+](C)C)[C@H]2O)[C@@H](C)C[C@@H](C)C(=O)/C=C/[C@@H]2O[C@H]2[C@]1(O)CO[C@@H]1O[C@H](C)[C@@H](O)[C@@H](OC)[C@H]1OC. The van der Waals surface area contributed by atoms with Crippen LogP contribution >= 0.6 is 0 Å². The fourth-order valence-electron chi connectivity index (χ4n) is 7.78. The fourth-order valence-corrected chi connectivity index (χ4v) is 7.78. The Bertz CT molecular complexity index is 1210. The van der Waals surface area contributed by atoms with E-state index in [1.807, 2.05) is 41.8 Å². The lowest BCUT2D eigenvalue weighted by molar-refractivity contribution is -0.893. The molecule has 0 spiro atoms. The van der Waals surface area contributed by atoms with Gasteiger partial charge in [0.25, 0.3) is 0 Å². The van der Waals surface area contributed by atoms with Gasteiger partial charge in [0.05, 0.1) is 39.0 Å². The summed E-state index contributed by atoms with van der Waals surface area (Å²) < 4.78 is 47.5. The number of hydrogen-bond acceptors (Lipinski definition) is 13. The van der Waals surface area contributed by atoms with E-state index in [2.05, 4.69) is 0 Å². The zero-order valence-corrected chi connectivity index (χ0v) is 31.8. The quantitative estimate of drug-likeness (QED) is 0.189. The first-order valence-electron chi connectivity index (χ1n) is 18.3. The van der Waals surface area contributed by atoms with E-state index in [1.54, 1.807) is 26.0 Å². The highest BCUT2D eigenvalue weighted by Gasteiger charge is 2.59. The van der Waals surface area contributed by atoms with Gasteiger partial charge in [-0.1, -0.05) is 33.8 Å². The van der Waals surface area contributed by atoms with Crippen LogP contribution in [0.5, 0.6) is 0 Å². The molecule has 0 amide bonds. The lowest BCUT2D eigenvalue weighted by Crippen LogP contribution is -3.12. The van der Waals surface area contributed by atoms with Crippen molar-refractivity contribution in [1.29, 1.82) is 0 Å². The summed E-state index contributed by atoms with van der Waals surface area (Å²) in [6.07, 6.45) is -1.79. The fraction of sp³-hybridized carbons (Fsp3) is 0.838. The number of aliphatic hydroxyl groups is 3. The maximum Gasteiger partial charge on any atom is 0.330 e. The predicted molar refractivity (Wildman–Crippen MR) is 183 cm³/mol. The van der Waals surface area contributed by atoms with Crippen LogP contribution in [0.25, 0.3) is 0 Å². The molecule has 0 aliphatic carbocycles. The van der Waals surface area contributed by atoms with Crippen molar-refractivity contribution in [1.82, 2.24) is 0 Å². The summed E-state index contributed by atoms with van der Waals surface area (Å²) in [5.74, 6) is -1.68. The number of allylic oxidation sites excluding steroid dienone is 1. The first kappa shape index (κ1) is 41.9. The molecule has 4 aliphatic rings. The Balaban J connectivity index is 1.59.